The van der Waals surface area contributed by atoms with Crippen LogP contribution in [-0.4, -0.2) is 18.0 Å². The second-order valence-electron chi connectivity index (χ2n) is 17.5. The van der Waals surface area contributed by atoms with Gasteiger partial charge in [0.2, 0.25) is 11.8 Å². The van der Waals surface area contributed by atoms with Crippen LogP contribution in [0.1, 0.15) is 303 Å². The molecule has 4 heteroatoms. The van der Waals surface area contributed by atoms with Crippen LogP contribution in [0.4, 0.5) is 0 Å². The summed E-state index contributed by atoms with van der Waals surface area (Å²) in [6.45, 7) is 6.47. The second-order valence-corrected chi connectivity index (χ2v) is 17.5. The van der Waals surface area contributed by atoms with Crippen LogP contribution in [-0.2, 0) is 9.59 Å². The minimum atomic E-state index is -0.283. The molecule has 0 aliphatic carbocycles. The lowest BCUT2D eigenvalue weighted by molar-refractivity contribution is -0.124. The second kappa shape index (κ2) is 46.3. The molecular formula is C50H100N2O2. The van der Waals surface area contributed by atoms with Gasteiger partial charge in [0, 0.05) is 12.8 Å². The maximum Gasteiger partial charge on any atom is 0.221 e. The molecule has 0 heterocycles. The van der Waals surface area contributed by atoms with Crippen LogP contribution < -0.4 is 10.6 Å². The smallest absolute Gasteiger partial charge is 0.221 e. The molecule has 0 spiro atoms. The normalized spacial score (nSPS) is 11.5. The molecule has 0 aliphatic heterocycles. The van der Waals surface area contributed by atoms with Crippen LogP contribution >= 0.6 is 0 Å². The fourth-order valence-corrected chi connectivity index (χ4v) is 8.10. The Morgan fingerprint density at radius 2 is 0.426 bits per heavy atom. The van der Waals surface area contributed by atoms with E-state index in [2.05, 4.69) is 24.5 Å². The Balaban J connectivity index is 3.34. The van der Waals surface area contributed by atoms with E-state index < -0.39 is 0 Å². The van der Waals surface area contributed by atoms with E-state index in [4.69, 9.17) is 0 Å². The maximum absolute atomic E-state index is 12.3. The molecule has 0 radical (unpaired) electrons. The first-order valence-electron chi connectivity index (χ1n) is 25.2. The average molecular weight is 761 g/mol. The summed E-state index contributed by atoms with van der Waals surface area (Å²) in [5.74, 6) is 0.129. The fraction of sp³-hybridized carbons (Fsp3) is 0.960. The summed E-state index contributed by atoms with van der Waals surface area (Å²) in [4.78, 5) is 24.7. The largest absolute Gasteiger partial charge is 0.336 e. The van der Waals surface area contributed by atoms with Gasteiger partial charge in [-0.05, 0) is 19.8 Å². The summed E-state index contributed by atoms with van der Waals surface area (Å²) < 4.78 is 0. The molecule has 2 N–H and O–H groups in total. The predicted molar refractivity (Wildman–Crippen MR) is 240 cm³/mol. The van der Waals surface area contributed by atoms with E-state index in [0.717, 1.165) is 25.7 Å². The van der Waals surface area contributed by atoms with Crippen LogP contribution in [0.2, 0.25) is 0 Å². The number of unbranched alkanes of at least 4 members (excludes halogenated alkanes) is 40. The van der Waals surface area contributed by atoms with E-state index in [9.17, 15) is 9.59 Å². The molecule has 0 saturated carbocycles. The van der Waals surface area contributed by atoms with Crippen molar-refractivity contribution in [1.29, 1.82) is 0 Å². The molecule has 0 atom stereocenters. The maximum atomic E-state index is 12.3. The zero-order valence-corrected chi connectivity index (χ0v) is 37.5. The van der Waals surface area contributed by atoms with Gasteiger partial charge in [0.1, 0.15) is 0 Å². The van der Waals surface area contributed by atoms with Crippen molar-refractivity contribution in [2.75, 3.05) is 0 Å². The van der Waals surface area contributed by atoms with Gasteiger partial charge in [-0.2, -0.15) is 0 Å². The zero-order valence-electron chi connectivity index (χ0n) is 37.5. The van der Waals surface area contributed by atoms with Gasteiger partial charge in [-0.15, -0.1) is 0 Å². The standard InChI is InChI=1S/C50H100N2O2/c1-4-6-8-10-12-14-16-18-20-22-24-26-28-30-32-34-36-38-40-42-44-46-49(53)51-48(3)52-50(54)47-45-43-41-39-37-35-33-31-29-27-25-23-21-19-17-15-13-11-9-7-5-2/h48H,4-47H2,1-3H3,(H,51,53)(H,52,54). The average Bonchev–Trinajstić information content (AvgIpc) is 3.16. The van der Waals surface area contributed by atoms with E-state index >= 15 is 0 Å². The highest BCUT2D eigenvalue weighted by atomic mass is 16.2. The van der Waals surface area contributed by atoms with Gasteiger partial charge in [-0.3, -0.25) is 9.59 Å². The quantitative estimate of drug-likeness (QED) is 0.0479. The summed E-state index contributed by atoms with van der Waals surface area (Å²) >= 11 is 0. The van der Waals surface area contributed by atoms with Gasteiger partial charge < -0.3 is 10.6 Å². The first-order valence-corrected chi connectivity index (χ1v) is 25.2. The molecular weight excluding hydrogens is 661 g/mol. The predicted octanol–water partition coefficient (Wildman–Crippen LogP) is 16.8. The molecule has 0 saturated heterocycles. The minimum Gasteiger partial charge on any atom is -0.336 e. The van der Waals surface area contributed by atoms with Crippen molar-refractivity contribution in [3.8, 4) is 0 Å². The number of rotatable bonds is 46. The highest BCUT2D eigenvalue weighted by molar-refractivity contribution is 5.79. The molecule has 2 amide bonds. The molecule has 0 aromatic heterocycles. The third-order valence-corrected chi connectivity index (χ3v) is 11.8. The van der Waals surface area contributed by atoms with Crippen molar-refractivity contribution < 1.29 is 9.59 Å². The lowest BCUT2D eigenvalue weighted by Crippen LogP contribution is -2.45. The van der Waals surface area contributed by atoms with Crippen molar-refractivity contribution in [2.45, 2.75) is 309 Å². The van der Waals surface area contributed by atoms with Gasteiger partial charge in [0.05, 0.1) is 6.17 Å². The summed E-state index contributed by atoms with van der Waals surface area (Å²) in [7, 11) is 0. The number of hydrogen-bond donors (Lipinski definition) is 2. The summed E-state index contributed by atoms with van der Waals surface area (Å²) in [6.07, 6.45) is 58.5. The van der Waals surface area contributed by atoms with Crippen molar-refractivity contribution >= 4 is 11.8 Å². The van der Waals surface area contributed by atoms with Crippen molar-refractivity contribution in [2.24, 2.45) is 0 Å². The van der Waals surface area contributed by atoms with Crippen molar-refractivity contribution in [3.63, 3.8) is 0 Å². The number of amides is 2. The zero-order chi connectivity index (χ0) is 39.3. The van der Waals surface area contributed by atoms with Crippen LogP contribution in [0.5, 0.6) is 0 Å². The van der Waals surface area contributed by atoms with E-state index in [1.54, 1.807) is 0 Å². The van der Waals surface area contributed by atoms with Crippen LogP contribution in [0.15, 0.2) is 0 Å². The van der Waals surface area contributed by atoms with Crippen molar-refractivity contribution in [3.05, 3.63) is 0 Å². The number of carbonyl (C=O) groups excluding carboxylic acids is 2. The van der Waals surface area contributed by atoms with E-state index in [0.29, 0.717) is 12.8 Å². The first kappa shape index (κ1) is 52.9. The van der Waals surface area contributed by atoms with Crippen molar-refractivity contribution in [1.82, 2.24) is 10.6 Å². The Morgan fingerprint density at radius 1 is 0.278 bits per heavy atom. The molecule has 0 aliphatic rings. The van der Waals surface area contributed by atoms with Gasteiger partial charge in [-0.25, -0.2) is 0 Å². The van der Waals surface area contributed by atoms with Crippen LogP contribution in [0, 0.1) is 0 Å². The molecule has 0 aromatic rings. The lowest BCUT2D eigenvalue weighted by atomic mass is 10.0. The highest BCUT2D eigenvalue weighted by Crippen LogP contribution is 2.17. The third kappa shape index (κ3) is 45.3. The lowest BCUT2D eigenvalue weighted by Gasteiger charge is -2.16. The Kier molecular flexibility index (Phi) is 45.4. The third-order valence-electron chi connectivity index (χ3n) is 11.8. The molecule has 0 bridgehead atoms. The van der Waals surface area contributed by atoms with E-state index in [1.165, 1.54) is 244 Å². The Bertz CT molecular complexity index is 680. The molecule has 54 heavy (non-hydrogen) atoms. The van der Waals surface area contributed by atoms with Gasteiger partial charge in [-0.1, -0.05) is 271 Å². The van der Waals surface area contributed by atoms with Gasteiger partial charge >= 0.3 is 0 Å². The fourth-order valence-electron chi connectivity index (χ4n) is 8.10. The Morgan fingerprint density at radius 3 is 0.593 bits per heavy atom. The minimum absolute atomic E-state index is 0.0645. The molecule has 0 rings (SSSR count). The number of carbonyl (C=O) groups is 2. The van der Waals surface area contributed by atoms with Crippen LogP contribution in [0.3, 0.4) is 0 Å². The Hall–Kier alpha value is -1.06. The number of hydrogen-bond acceptors (Lipinski definition) is 2. The Labute approximate surface area is 340 Å². The van der Waals surface area contributed by atoms with E-state index in [1.807, 2.05) is 6.92 Å². The number of nitrogens with one attached hydrogen (secondary N) is 2. The molecule has 0 fully saturated rings. The summed E-state index contributed by atoms with van der Waals surface area (Å²) in [5, 5.41) is 5.93. The summed E-state index contributed by atoms with van der Waals surface area (Å²) in [5.41, 5.74) is 0. The van der Waals surface area contributed by atoms with Crippen LogP contribution in [0.25, 0.3) is 0 Å². The molecule has 4 nitrogen and oxygen atoms in total. The van der Waals surface area contributed by atoms with Gasteiger partial charge in [0.25, 0.3) is 0 Å². The first-order chi connectivity index (χ1) is 26.6. The monoisotopic (exact) mass is 761 g/mol. The van der Waals surface area contributed by atoms with E-state index in [-0.39, 0.29) is 18.0 Å². The SMILES string of the molecule is CCCCCCCCCCCCCCCCCCCCCCCC(=O)NC(C)NC(=O)CCCCCCCCCCCCCCCCCCCCCCC. The topological polar surface area (TPSA) is 58.2 Å². The summed E-state index contributed by atoms with van der Waals surface area (Å²) in [6, 6.07) is 0. The molecule has 322 valence electrons. The van der Waals surface area contributed by atoms with Gasteiger partial charge in [0.15, 0.2) is 0 Å². The highest BCUT2D eigenvalue weighted by Gasteiger charge is 2.10. The molecule has 0 aromatic carbocycles. The molecule has 0 unspecified atom stereocenters.